The van der Waals surface area contributed by atoms with Gasteiger partial charge in [0.2, 0.25) is 0 Å². The van der Waals surface area contributed by atoms with E-state index in [9.17, 15) is 4.79 Å². The third-order valence-corrected chi connectivity index (χ3v) is 5.65. The van der Waals surface area contributed by atoms with Crippen molar-refractivity contribution in [1.29, 1.82) is 0 Å². The van der Waals surface area contributed by atoms with Gasteiger partial charge in [0.1, 0.15) is 5.75 Å². The van der Waals surface area contributed by atoms with Gasteiger partial charge in [0.05, 0.1) is 10.2 Å². The Morgan fingerprint density at radius 2 is 1.93 bits per heavy atom. The summed E-state index contributed by atoms with van der Waals surface area (Å²) in [5, 5.41) is 3.49. The van der Waals surface area contributed by atoms with Crippen LogP contribution in [0.25, 0.3) is 0 Å². The number of hydrogen-bond acceptors (Lipinski definition) is 3. The molecule has 0 unspecified atom stereocenters. The van der Waals surface area contributed by atoms with Crippen LogP contribution in [0.1, 0.15) is 16.7 Å². The van der Waals surface area contributed by atoms with Gasteiger partial charge in [0.15, 0.2) is 6.61 Å². The average molecular weight is 551 g/mol. The van der Waals surface area contributed by atoms with Crippen molar-refractivity contribution in [2.24, 2.45) is 4.99 Å². The molecule has 0 heterocycles. The highest BCUT2D eigenvalue weighted by atomic mass is 79.9. The van der Waals surface area contributed by atoms with Gasteiger partial charge in [-0.3, -0.25) is 9.79 Å². The van der Waals surface area contributed by atoms with Gasteiger partial charge in [-0.05, 0) is 77.3 Å². The summed E-state index contributed by atoms with van der Waals surface area (Å²) >= 11 is 13.2. The highest BCUT2D eigenvalue weighted by Crippen LogP contribution is 2.33. The van der Waals surface area contributed by atoms with Crippen molar-refractivity contribution >= 4 is 67.0 Å². The van der Waals surface area contributed by atoms with Gasteiger partial charge < -0.3 is 10.1 Å². The van der Waals surface area contributed by atoms with Gasteiger partial charge in [-0.25, -0.2) is 0 Å². The summed E-state index contributed by atoms with van der Waals surface area (Å²) in [6, 6.07) is 16.9. The van der Waals surface area contributed by atoms with Gasteiger partial charge in [-0.2, -0.15) is 0 Å². The molecule has 1 N–H and O–H groups in total. The molecule has 7 heteroatoms. The SMILES string of the molecule is Cc1cccc(NC(=O)COc2c(Br)cc(Br)cc2C=Nc2ccc(C)c(Cl)c2)c1. The molecule has 0 aromatic heterocycles. The minimum absolute atomic E-state index is 0.134. The van der Waals surface area contributed by atoms with Crippen molar-refractivity contribution in [3.8, 4) is 5.75 Å². The monoisotopic (exact) mass is 548 g/mol. The molecule has 0 spiro atoms. The van der Waals surface area contributed by atoms with Crippen LogP contribution in [0.3, 0.4) is 0 Å². The van der Waals surface area contributed by atoms with Crippen molar-refractivity contribution in [3.05, 3.63) is 85.3 Å². The number of hydrogen-bond donors (Lipinski definition) is 1. The summed E-state index contributed by atoms with van der Waals surface area (Å²) in [6.07, 6.45) is 1.68. The van der Waals surface area contributed by atoms with E-state index in [0.717, 1.165) is 32.5 Å². The lowest BCUT2D eigenvalue weighted by Gasteiger charge is -2.12. The number of benzene rings is 3. The summed E-state index contributed by atoms with van der Waals surface area (Å²) in [4.78, 5) is 16.8. The number of nitrogens with one attached hydrogen (secondary N) is 1. The minimum Gasteiger partial charge on any atom is -0.482 e. The number of amides is 1. The smallest absolute Gasteiger partial charge is 0.262 e. The second-order valence-corrected chi connectivity index (χ2v) is 8.88. The summed E-state index contributed by atoms with van der Waals surface area (Å²) in [6.45, 7) is 3.78. The first-order valence-corrected chi connectivity index (χ1v) is 11.1. The second kappa shape index (κ2) is 10.2. The number of aryl methyl sites for hydroxylation is 2. The maximum atomic E-state index is 12.3. The molecule has 3 aromatic rings. The minimum atomic E-state index is -0.247. The molecule has 0 aliphatic carbocycles. The van der Waals surface area contributed by atoms with Crippen LogP contribution in [0.2, 0.25) is 5.02 Å². The number of anilines is 1. The third kappa shape index (κ3) is 6.17. The van der Waals surface area contributed by atoms with Gasteiger partial charge in [-0.15, -0.1) is 0 Å². The average Bonchev–Trinajstić information content (AvgIpc) is 2.68. The molecular weight excluding hydrogens is 532 g/mol. The molecule has 0 saturated carbocycles. The zero-order chi connectivity index (χ0) is 21.7. The van der Waals surface area contributed by atoms with Crippen LogP contribution >= 0.6 is 43.5 Å². The molecule has 0 atom stereocenters. The molecule has 0 aliphatic heterocycles. The predicted molar refractivity (Wildman–Crippen MR) is 131 cm³/mol. The normalized spacial score (nSPS) is 11.0. The van der Waals surface area contributed by atoms with Crippen LogP contribution < -0.4 is 10.1 Å². The second-order valence-electron chi connectivity index (χ2n) is 6.70. The summed E-state index contributed by atoms with van der Waals surface area (Å²) in [7, 11) is 0. The Bertz CT molecular complexity index is 1120. The Morgan fingerprint density at radius 1 is 1.13 bits per heavy atom. The fraction of sp³-hybridized carbons (Fsp3) is 0.130. The van der Waals surface area contributed by atoms with Crippen molar-refractivity contribution < 1.29 is 9.53 Å². The van der Waals surface area contributed by atoms with Crippen LogP contribution in [-0.4, -0.2) is 18.7 Å². The first kappa shape index (κ1) is 22.5. The summed E-state index contributed by atoms with van der Waals surface area (Å²) < 4.78 is 7.39. The maximum absolute atomic E-state index is 12.3. The Kier molecular flexibility index (Phi) is 7.69. The van der Waals surface area contributed by atoms with Crippen molar-refractivity contribution in [1.82, 2.24) is 0 Å². The van der Waals surface area contributed by atoms with E-state index in [1.807, 2.05) is 62.4 Å². The first-order chi connectivity index (χ1) is 14.3. The molecule has 4 nitrogen and oxygen atoms in total. The molecule has 3 rings (SSSR count). The fourth-order valence-corrected chi connectivity index (χ4v) is 4.24. The molecule has 3 aromatic carbocycles. The van der Waals surface area contributed by atoms with Crippen LogP contribution in [0.5, 0.6) is 5.75 Å². The Morgan fingerprint density at radius 3 is 2.67 bits per heavy atom. The van der Waals surface area contributed by atoms with Crippen molar-refractivity contribution in [2.45, 2.75) is 13.8 Å². The van der Waals surface area contributed by atoms with Gasteiger partial charge in [0, 0.05) is 27.0 Å². The van der Waals surface area contributed by atoms with E-state index in [2.05, 4.69) is 42.2 Å². The van der Waals surface area contributed by atoms with E-state index in [0.29, 0.717) is 15.2 Å². The van der Waals surface area contributed by atoms with E-state index in [1.165, 1.54) is 0 Å². The Labute approximate surface area is 197 Å². The molecule has 0 saturated heterocycles. The summed E-state index contributed by atoms with van der Waals surface area (Å²) in [5.41, 5.74) is 4.24. The third-order valence-electron chi connectivity index (χ3n) is 4.19. The van der Waals surface area contributed by atoms with Crippen LogP contribution in [-0.2, 0) is 4.79 Å². The quantitative estimate of drug-likeness (QED) is 0.329. The lowest BCUT2D eigenvalue weighted by atomic mass is 10.2. The standard InChI is InChI=1S/C23H19Br2ClN2O2/c1-14-4-3-5-19(8-14)28-22(29)13-30-23-16(9-17(24)10-20(23)25)12-27-18-7-6-15(2)21(26)11-18/h3-12H,13H2,1-2H3,(H,28,29). The lowest BCUT2D eigenvalue weighted by Crippen LogP contribution is -2.20. The van der Waals surface area contributed by atoms with Gasteiger partial charge in [-0.1, -0.05) is 45.7 Å². The molecule has 0 radical (unpaired) electrons. The molecule has 30 heavy (non-hydrogen) atoms. The number of carbonyl (C=O) groups is 1. The van der Waals surface area contributed by atoms with Crippen LogP contribution in [0, 0.1) is 13.8 Å². The molecule has 0 fully saturated rings. The molecule has 154 valence electrons. The Balaban J connectivity index is 1.76. The highest BCUT2D eigenvalue weighted by Gasteiger charge is 2.12. The Hall–Kier alpha value is -2.15. The molecular formula is C23H19Br2ClN2O2. The first-order valence-electron chi connectivity index (χ1n) is 9.10. The van der Waals surface area contributed by atoms with E-state index >= 15 is 0 Å². The number of halogens is 3. The molecule has 0 bridgehead atoms. The zero-order valence-corrected chi connectivity index (χ0v) is 20.3. The molecule has 1 amide bonds. The zero-order valence-electron chi connectivity index (χ0n) is 16.4. The van der Waals surface area contributed by atoms with Crippen molar-refractivity contribution in [2.75, 3.05) is 11.9 Å². The number of rotatable bonds is 6. The van der Waals surface area contributed by atoms with E-state index in [4.69, 9.17) is 16.3 Å². The van der Waals surface area contributed by atoms with Crippen LogP contribution in [0.4, 0.5) is 11.4 Å². The number of carbonyl (C=O) groups excluding carboxylic acids is 1. The predicted octanol–water partition coefficient (Wildman–Crippen LogP) is 7.25. The number of nitrogens with zero attached hydrogens (tertiary/aromatic N) is 1. The number of aliphatic imine (C=N–C) groups is 1. The van der Waals surface area contributed by atoms with Gasteiger partial charge in [0.25, 0.3) is 5.91 Å². The van der Waals surface area contributed by atoms with E-state index < -0.39 is 0 Å². The fourth-order valence-electron chi connectivity index (χ4n) is 2.69. The number of ether oxygens (including phenoxy) is 1. The van der Waals surface area contributed by atoms with E-state index in [-0.39, 0.29) is 12.5 Å². The largest absolute Gasteiger partial charge is 0.482 e. The lowest BCUT2D eigenvalue weighted by molar-refractivity contribution is -0.118. The summed E-state index contributed by atoms with van der Waals surface area (Å²) in [5.74, 6) is 0.281. The maximum Gasteiger partial charge on any atom is 0.262 e. The highest BCUT2D eigenvalue weighted by molar-refractivity contribution is 9.11. The molecule has 0 aliphatic rings. The van der Waals surface area contributed by atoms with E-state index in [1.54, 1.807) is 12.3 Å². The topological polar surface area (TPSA) is 50.7 Å². The van der Waals surface area contributed by atoms with Crippen molar-refractivity contribution in [3.63, 3.8) is 0 Å². The van der Waals surface area contributed by atoms with Gasteiger partial charge >= 0.3 is 0 Å². The van der Waals surface area contributed by atoms with Crippen LogP contribution in [0.15, 0.2) is 68.5 Å².